The largest absolute Gasteiger partial charge is 0.385 e. The molecule has 0 aromatic heterocycles. The molecule has 0 aliphatic heterocycles. The molecule has 92 valence electrons. The first kappa shape index (κ1) is 15.0. The molecule has 0 heterocycles. The lowest BCUT2D eigenvalue weighted by molar-refractivity contribution is 0.171. The van der Waals surface area contributed by atoms with Crippen molar-refractivity contribution in [1.82, 2.24) is 0 Å². The molecule has 0 fully saturated rings. The lowest BCUT2D eigenvalue weighted by Gasteiger charge is -2.26. The molecule has 0 N–H and O–H groups in total. The summed E-state index contributed by atoms with van der Waals surface area (Å²) >= 11 is 0. The molecule has 0 saturated heterocycles. The fourth-order valence-electron chi connectivity index (χ4n) is 2.38. The maximum Gasteiger partial charge on any atom is 0.0464 e. The molecular weight excluding hydrogens is 184 g/mol. The van der Waals surface area contributed by atoms with Crippen LogP contribution in [0.25, 0.3) is 0 Å². The Morgan fingerprint density at radius 1 is 0.800 bits per heavy atom. The van der Waals surface area contributed by atoms with E-state index in [0.29, 0.717) is 0 Å². The molecule has 0 aliphatic carbocycles. The zero-order valence-electron chi connectivity index (χ0n) is 11.5. The van der Waals surface area contributed by atoms with Crippen molar-refractivity contribution in [3.8, 4) is 0 Å². The first-order chi connectivity index (χ1) is 6.99. The summed E-state index contributed by atoms with van der Waals surface area (Å²) in [5.74, 6) is 3.33. The summed E-state index contributed by atoms with van der Waals surface area (Å²) in [5, 5.41) is 0. The van der Waals surface area contributed by atoms with E-state index in [2.05, 4.69) is 34.6 Å². The van der Waals surface area contributed by atoms with Gasteiger partial charge in [-0.3, -0.25) is 0 Å². The van der Waals surface area contributed by atoms with Crippen molar-refractivity contribution in [1.29, 1.82) is 0 Å². The number of methoxy groups -OCH3 is 1. The fraction of sp³-hybridized carbons (Fsp3) is 1.00. The zero-order valence-corrected chi connectivity index (χ0v) is 11.5. The summed E-state index contributed by atoms with van der Waals surface area (Å²) < 4.78 is 5.11. The SMILES string of the molecule is COCCC(C)CCC(C(C)C)C(C)C. The van der Waals surface area contributed by atoms with Gasteiger partial charge in [0.25, 0.3) is 0 Å². The molecule has 1 atom stereocenters. The first-order valence-corrected chi connectivity index (χ1v) is 6.48. The fourth-order valence-corrected chi connectivity index (χ4v) is 2.38. The monoisotopic (exact) mass is 214 g/mol. The minimum atomic E-state index is 0.810. The minimum absolute atomic E-state index is 0.810. The van der Waals surface area contributed by atoms with Crippen molar-refractivity contribution < 1.29 is 4.74 Å². The topological polar surface area (TPSA) is 9.23 Å². The third kappa shape index (κ3) is 6.94. The van der Waals surface area contributed by atoms with Crippen molar-refractivity contribution in [3.63, 3.8) is 0 Å². The third-order valence-corrected chi connectivity index (χ3v) is 3.52. The summed E-state index contributed by atoms with van der Waals surface area (Å²) in [7, 11) is 1.79. The van der Waals surface area contributed by atoms with Crippen LogP contribution in [0.1, 0.15) is 53.9 Å². The molecular formula is C14H30O. The second-order valence-corrected chi connectivity index (χ2v) is 5.62. The van der Waals surface area contributed by atoms with Gasteiger partial charge in [-0.05, 0) is 36.5 Å². The molecule has 1 unspecified atom stereocenters. The highest BCUT2D eigenvalue weighted by atomic mass is 16.5. The first-order valence-electron chi connectivity index (χ1n) is 6.48. The van der Waals surface area contributed by atoms with Crippen LogP contribution in [0.15, 0.2) is 0 Å². The highest BCUT2D eigenvalue weighted by molar-refractivity contribution is 4.68. The van der Waals surface area contributed by atoms with Gasteiger partial charge in [0, 0.05) is 13.7 Å². The molecule has 0 saturated carbocycles. The Morgan fingerprint density at radius 2 is 1.33 bits per heavy atom. The second-order valence-electron chi connectivity index (χ2n) is 5.62. The van der Waals surface area contributed by atoms with E-state index in [0.717, 1.165) is 30.3 Å². The van der Waals surface area contributed by atoms with Gasteiger partial charge >= 0.3 is 0 Å². The predicted octanol–water partition coefficient (Wildman–Crippen LogP) is 4.37. The Labute approximate surface area is 96.6 Å². The quantitative estimate of drug-likeness (QED) is 0.583. The highest BCUT2D eigenvalue weighted by Gasteiger charge is 2.17. The van der Waals surface area contributed by atoms with E-state index >= 15 is 0 Å². The van der Waals surface area contributed by atoms with E-state index < -0.39 is 0 Å². The molecule has 0 spiro atoms. The van der Waals surface area contributed by atoms with Crippen LogP contribution in [-0.2, 0) is 4.74 Å². The van der Waals surface area contributed by atoms with Crippen molar-refractivity contribution in [2.24, 2.45) is 23.7 Å². The Kier molecular flexibility index (Phi) is 8.13. The molecule has 0 aromatic rings. The van der Waals surface area contributed by atoms with Crippen molar-refractivity contribution in [3.05, 3.63) is 0 Å². The van der Waals surface area contributed by atoms with E-state index in [1.54, 1.807) is 7.11 Å². The zero-order chi connectivity index (χ0) is 11.8. The number of rotatable bonds is 8. The second kappa shape index (κ2) is 8.15. The Hall–Kier alpha value is -0.0400. The van der Waals surface area contributed by atoms with Gasteiger partial charge < -0.3 is 4.74 Å². The molecule has 0 rings (SSSR count). The summed E-state index contributed by atoms with van der Waals surface area (Å²) in [6, 6.07) is 0. The van der Waals surface area contributed by atoms with Crippen LogP contribution in [0.2, 0.25) is 0 Å². The van der Waals surface area contributed by atoms with Crippen LogP contribution in [0.3, 0.4) is 0 Å². The molecule has 15 heavy (non-hydrogen) atoms. The Morgan fingerprint density at radius 3 is 1.73 bits per heavy atom. The van der Waals surface area contributed by atoms with Gasteiger partial charge in [0.15, 0.2) is 0 Å². The van der Waals surface area contributed by atoms with E-state index in [4.69, 9.17) is 4.74 Å². The average Bonchev–Trinajstić information content (AvgIpc) is 2.13. The molecule has 0 aliphatic rings. The highest BCUT2D eigenvalue weighted by Crippen LogP contribution is 2.27. The summed E-state index contributed by atoms with van der Waals surface area (Å²) in [6.45, 7) is 12.7. The van der Waals surface area contributed by atoms with Crippen molar-refractivity contribution in [2.75, 3.05) is 13.7 Å². The van der Waals surface area contributed by atoms with Crippen molar-refractivity contribution in [2.45, 2.75) is 53.9 Å². The number of hydrogen-bond acceptors (Lipinski definition) is 1. The Bertz CT molecular complexity index is 132. The lowest BCUT2D eigenvalue weighted by atomic mass is 9.80. The normalized spacial score (nSPS) is 14.2. The van der Waals surface area contributed by atoms with Gasteiger partial charge in [0.1, 0.15) is 0 Å². The van der Waals surface area contributed by atoms with Gasteiger partial charge in [-0.15, -0.1) is 0 Å². The third-order valence-electron chi connectivity index (χ3n) is 3.52. The van der Waals surface area contributed by atoms with Crippen molar-refractivity contribution >= 4 is 0 Å². The molecule has 0 radical (unpaired) electrons. The summed E-state index contributed by atoms with van der Waals surface area (Å²) in [6.07, 6.45) is 3.93. The van der Waals surface area contributed by atoms with E-state index in [1.165, 1.54) is 19.3 Å². The molecule has 0 bridgehead atoms. The maximum atomic E-state index is 5.11. The Balaban J connectivity index is 3.78. The van der Waals surface area contributed by atoms with Gasteiger partial charge in [-0.2, -0.15) is 0 Å². The summed E-state index contributed by atoms with van der Waals surface area (Å²) in [5.41, 5.74) is 0. The van der Waals surface area contributed by atoms with E-state index in [9.17, 15) is 0 Å². The van der Waals surface area contributed by atoms with E-state index in [-0.39, 0.29) is 0 Å². The van der Waals surface area contributed by atoms with Gasteiger partial charge in [-0.1, -0.05) is 41.0 Å². The maximum absolute atomic E-state index is 5.11. The molecule has 0 amide bonds. The van der Waals surface area contributed by atoms with Crippen LogP contribution in [0, 0.1) is 23.7 Å². The summed E-state index contributed by atoms with van der Waals surface area (Å²) in [4.78, 5) is 0. The molecule has 1 heteroatoms. The average molecular weight is 214 g/mol. The standard InChI is InChI=1S/C14H30O/c1-11(2)14(12(3)4)8-7-13(5)9-10-15-6/h11-14H,7-10H2,1-6H3. The smallest absolute Gasteiger partial charge is 0.0464 e. The minimum Gasteiger partial charge on any atom is -0.385 e. The van der Waals surface area contributed by atoms with Crippen LogP contribution in [0.5, 0.6) is 0 Å². The van der Waals surface area contributed by atoms with E-state index in [1.807, 2.05) is 0 Å². The lowest BCUT2D eigenvalue weighted by Crippen LogP contribution is -2.16. The number of ether oxygens (including phenoxy) is 1. The van der Waals surface area contributed by atoms with Gasteiger partial charge in [-0.25, -0.2) is 0 Å². The van der Waals surface area contributed by atoms with Crippen LogP contribution in [-0.4, -0.2) is 13.7 Å². The number of hydrogen-bond donors (Lipinski definition) is 0. The molecule has 1 nitrogen and oxygen atoms in total. The molecule has 0 aromatic carbocycles. The predicted molar refractivity (Wildman–Crippen MR) is 68.1 cm³/mol. The van der Waals surface area contributed by atoms with Gasteiger partial charge in [0.05, 0.1) is 0 Å². The van der Waals surface area contributed by atoms with Gasteiger partial charge in [0.2, 0.25) is 0 Å². The van der Waals surface area contributed by atoms with Crippen LogP contribution < -0.4 is 0 Å². The van der Waals surface area contributed by atoms with Crippen LogP contribution >= 0.6 is 0 Å². The van der Waals surface area contributed by atoms with Crippen LogP contribution in [0.4, 0.5) is 0 Å².